The van der Waals surface area contributed by atoms with Gasteiger partial charge >= 0.3 is 5.97 Å². The molecule has 0 heterocycles. The van der Waals surface area contributed by atoms with E-state index in [9.17, 15) is 4.79 Å². The zero-order valence-corrected chi connectivity index (χ0v) is 8.67. The smallest absolute Gasteiger partial charge is 0.310 e. The lowest BCUT2D eigenvalue weighted by Crippen LogP contribution is -2.25. The van der Waals surface area contributed by atoms with Gasteiger partial charge in [0.05, 0.1) is 5.92 Å². The molecule has 0 aromatic rings. The molecule has 0 saturated heterocycles. The Morgan fingerprint density at radius 3 is 2.23 bits per heavy atom. The third kappa shape index (κ3) is 1.72. The molecule has 0 N–H and O–H groups in total. The lowest BCUT2D eigenvalue weighted by molar-refractivity contribution is -0.157. The van der Waals surface area contributed by atoms with Crippen molar-refractivity contribution in [2.75, 3.05) is 0 Å². The zero-order chi connectivity index (χ0) is 9.64. The molecule has 0 spiro atoms. The Balaban J connectivity index is 1.87. The molecule has 74 valence electrons. The molecule has 0 aromatic heterocycles. The van der Waals surface area contributed by atoms with E-state index in [0.717, 1.165) is 0 Å². The predicted octanol–water partition coefficient (Wildman–Crippen LogP) is 2.37. The molecular weight excluding hydrogens is 164 g/mol. The van der Waals surface area contributed by atoms with Crippen LogP contribution in [0.1, 0.15) is 40.0 Å². The number of hydrogen-bond donors (Lipinski definition) is 0. The second kappa shape index (κ2) is 2.73. The second-order valence-corrected chi connectivity index (χ2v) is 5.32. The van der Waals surface area contributed by atoms with Crippen LogP contribution in [-0.2, 0) is 9.53 Å². The molecule has 2 aliphatic carbocycles. The molecule has 0 aromatic carbocycles. The summed E-state index contributed by atoms with van der Waals surface area (Å²) in [4.78, 5) is 11.6. The molecule has 2 nitrogen and oxygen atoms in total. The van der Waals surface area contributed by atoms with E-state index in [4.69, 9.17) is 4.74 Å². The first-order chi connectivity index (χ1) is 5.99. The molecule has 2 heteroatoms. The average Bonchev–Trinajstić information content (AvgIpc) is 2.44. The van der Waals surface area contributed by atoms with Gasteiger partial charge in [0.1, 0.15) is 5.60 Å². The normalized spacial score (nSPS) is 37.0. The summed E-state index contributed by atoms with van der Waals surface area (Å²) in [6.07, 6.45) is 3.80. The maximum atomic E-state index is 11.6. The lowest BCUT2D eigenvalue weighted by atomic mass is 10.1. The topological polar surface area (TPSA) is 26.3 Å². The minimum absolute atomic E-state index is 0.0437. The Hall–Kier alpha value is -0.530. The SMILES string of the molecule is CC(C)(C)OC(=O)C1[C@H]2CCC[C@@H]12. The molecule has 0 amide bonds. The number of fused-ring (bicyclic) bond motifs is 1. The van der Waals surface area contributed by atoms with Crippen molar-refractivity contribution in [3.63, 3.8) is 0 Å². The maximum absolute atomic E-state index is 11.6. The van der Waals surface area contributed by atoms with Crippen LogP contribution in [0.4, 0.5) is 0 Å². The van der Waals surface area contributed by atoms with E-state index in [2.05, 4.69) is 0 Å². The third-order valence-corrected chi connectivity index (χ3v) is 3.09. The Morgan fingerprint density at radius 2 is 1.77 bits per heavy atom. The van der Waals surface area contributed by atoms with Crippen LogP contribution < -0.4 is 0 Å². The first-order valence-electron chi connectivity index (χ1n) is 5.22. The number of carbonyl (C=O) groups excluding carboxylic acids is 1. The highest BCUT2D eigenvalue weighted by Crippen LogP contribution is 2.58. The molecule has 0 bridgehead atoms. The van der Waals surface area contributed by atoms with E-state index in [1.807, 2.05) is 20.8 Å². The molecular formula is C11H18O2. The van der Waals surface area contributed by atoms with Crippen LogP contribution in [0.3, 0.4) is 0 Å². The van der Waals surface area contributed by atoms with E-state index < -0.39 is 0 Å². The van der Waals surface area contributed by atoms with Gasteiger partial charge in [-0.1, -0.05) is 6.42 Å². The Morgan fingerprint density at radius 1 is 1.23 bits per heavy atom. The summed E-state index contributed by atoms with van der Waals surface area (Å²) in [6.45, 7) is 5.80. The first kappa shape index (κ1) is 9.04. The van der Waals surface area contributed by atoms with Gasteiger partial charge in [-0.15, -0.1) is 0 Å². The van der Waals surface area contributed by atoms with Crippen molar-refractivity contribution in [1.82, 2.24) is 0 Å². The van der Waals surface area contributed by atoms with Gasteiger partial charge in [0, 0.05) is 0 Å². The van der Waals surface area contributed by atoms with E-state index in [1.54, 1.807) is 0 Å². The molecule has 0 aliphatic heterocycles. The highest BCUT2D eigenvalue weighted by Gasteiger charge is 2.57. The van der Waals surface area contributed by atoms with Crippen molar-refractivity contribution < 1.29 is 9.53 Å². The van der Waals surface area contributed by atoms with Gasteiger partial charge in [0.25, 0.3) is 0 Å². The fourth-order valence-electron chi connectivity index (χ4n) is 2.54. The summed E-state index contributed by atoms with van der Waals surface area (Å²) in [7, 11) is 0. The number of carbonyl (C=O) groups is 1. The van der Waals surface area contributed by atoms with Crippen LogP contribution in [0, 0.1) is 17.8 Å². The van der Waals surface area contributed by atoms with E-state index in [0.29, 0.717) is 11.8 Å². The van der Waals surface area contributed by atoms with Crippen molar-refractivity contribution in [2.45, 2.75) is 45.6 Å². The first-order valence-corrected chi connectivity index (χ1v) is 5.22. The standard InChI is InChI=1S/C11H18O2/c1-11(2,3)13-10(12)9-7-5-4-6-8(7)9/h7-9H,4-6H2,1-3H3/t7-,8+,9?. The Labute approximate surface area is 79.7 Å². The van der Waals surface area contributed by atoms with Gasteiger partial charge in [-0.3, -0.25) is 4.79 Å². The summed E-state index contributed by atoms with van der Waals surface area (Å²) in [5, 5.41) is 0. The molecule has 3 atom stereocenters. The van der Waals surface area contributed by atoms with Gasteiger partial charge in [0.2, 0.25) is 0 Å². The lowest BCUT2D eigenvalue weighted by Gasteiger charge is -2.20. The minimum atomic E-state index is -0.312. The zero-order valence-electron chi connectivity index (χ0n) is 8.67. The minimum Gasteiger partial charge on any atom is -0.460 e. The maximum Gasteiger partial charge on any atom is 0.310 e. The number of esters is 1. The van der Waals surface area contributed by atoms with Crippen molar-refractivity contribution in [3.8, 4) is 0 Å². The van der Waals surface area contributed by atoms with Crippen LogP contribution >= 0.6 is 0 Å². The Kier molecular flexibility index (Phi) is 1.90. The highest BCUT2D eigenvalue weighted by atomic mass is 16.6. The summed E-state index contributed by atoms with van der Waals surface area (Å²) >= 11 is 0. The fourth-order valence-corrected chi connectivity index (χ4v) is 2.54. The molecule has 2 rings (SSSR count). The van der Waals surface area contributed by atoms with Crippen molar-refractivity contribution in [3.05, 3.63) is 0 Å². The van der Waals surface area contributed by atoms with Crippen molar-refractivity contribution >= 4 is 5.97 Å². The molecule has 13 heavy (non-hydrogen) atoms. The van der Waals surface area contributed by atoms with E-state index in [-0.39, 0.29) is 17.5 Å². The summed E-state index contributed by atoms with van der Waals surface area (Å²) < 4.78 is 5.36. The van der Waals surface area contributed by atoms with Gasteiger partial charge in [-0.25, -0.2) is 0 Å². The van der Waals surface area contributed by atoms with Gasteiger partial charge < -0.3 is 4.74 Å². The number of ether oxygens (including phenoxy) is 1. The number of hydrogen-bond acceptors (Lipinski definition) is 2. The van der Waals surface area contributed by atoms with E-state index in [1.165, 1.54) is 19.3 Å². The monoisotopic (exact) mass is 182 g/mol. The van der Waals surface area contributed by atoms with Gasteiger partial charge in [-0.05, 0) is 45.4 Å². The van der Waals surface area contributed by atoms with Crippen LogP contribution in [0.25, 0.3) is 0 Å². The highest BCUT2D eigenvalue weighted by molar-refractivity contribution is 5.77. The Bertz CT molecular complexity index is 217. The second-order valence-electron chi connectivity index (χ2n) is 5.32. The molecule has 2 aliphatic rings. The van der Waals surface area contributed by atoms with Crippen LogP contribution in [-0.4, -0.2) is 11.6 Å². The largest absolute Gasteiger partial charge is 0.460 e. The molecule has 0 radical (unpaired) electrons. The summed E-state index contributed by atoms with van der Waals surface area (Å²) in [5.74, 6) is 1.65. The van der Waals surface area contributed by atoms with Gasteiger partial charge in [0.15, 0.2) is 0 Å². The average molecular weight is 182 g/mol. The van der Waals surface area contributed by atoms with Crippen LogP contribution in [0.5, 0.6) is 0 Å². The third-order valence-electron chi connectivity index (χ3n) is 3.09. The molecule has 1 unspecified atom stereocenters. The van der Waals surface area contributed by atoms with E-state index >= 15 is 0 Å². The number of rotatable bonds is 1. The molecule has 2 fully saturated rings. The predicted molar refractivity (Wildman–Crippen MR) is 50.2 cm³/mol. The summed E-state index contributed by atoms with van der Waals surface area (Å²) in [5.41, 5.74) is -0.312. The van der Waals surface area contributed by atoms with Crippen molar-refractivity contribution in [1.29, 1.82) is 0 Å². The molecule has 2 saturated carbocycles. The van der Waals surface area contributed by atoms with Crippen LogP contribution in [0.15, 0.2) is 0 Å². The van der Waals surface area contributed by atoms with Crippen LogP contribution in [0.2, 0.25) is 0 Å². The quantitative estimate of drug-likeness (QED) is 0.582. The fraction of sp³-hybridized carbons (Fsp3) is 0.909. The van der Waals surface area contributed by atoms with Crippen molar-refractivity contribution in [2.24, 2.45) is 17.8 Å². The summed E-state index contributed by atoms with van der Waals surface area (Å²) in [6, 6.07) is 0. The van der Waals surface area contributed by atoms with Gasteiger partial charge in [-0.2, -0.15) is 0 Å².